The summed E-state index contributed by atoms with van der Waals surface area (Å²) in [5, 5.41) is 0. The van der Waals surface area contributed by atoms with Crippen molar-refractivity contribution in [3.63, 3.8) is 0 Å². The Hall–Kier alpha value is -2.64. The van der Waals surface area contributed by atoms with Crippen molar-refractivity contribution < 1.29 is 4.74 Å². The Morgan fingerprint density at radius 1 is 1.03 bits per heavy atom. The molecule has 0 bridgehead atoms. The molecule has 0 unspecified atom stereocenters. The Labute approximate surface area is 202 Å². The molecule has 1 aliphatic heterocycles. The number of piperidine rings is 1. The van der Waals surface area contributed by atoms with E-state index in [9.17, 15) is 9.59 Å². The first-order valence-corrected chi connectivity index (χ1v) is 12.3. The predicted molar refractivity (Wildman–Crippen MR) is 134 cm³/mol. The molecule has 1 aromatic heterocycles. The standard InChI is InChI=1S/C26H30BrN3O3/c1-3-33-23-9-10-24(27)20(16-23)15-19-11-13-29(14-12-19)18-22-17-25(31)30(26(32)28(22)2)21-7-5-4-6-8-21/h4-10,16-17,19H,3,11-15,18H2,1-2H3. The van der Waals surface area contributed by atoms with Crippen LogP contribution in [-0.2, 0) is 20.0 Å². The third-order valence-corrected chi connectivity index (χ3v) is 7.14. The van der Waals surface area contributed by atoms with Crippen LogP contribution in [0.4, 0.5) is 0 Å². The fourth-order valence-corrected chi connectivity index (χ4v) is 4.90. The molecule has 0 amide bonds. The number of benzene rings is 2. The van der Waals surface area contributed by atoms with Gasteiger partial charge in [0.15, 0.2) is 0 Å². The molecular formula is C26H30BrN3O3. The molecule has 0 saturated carbocycles. The Morgan fingerprint density at radius 2 is 1.76 bits per heavy atom. The van der Waals surface area contributed by atoms with Crippen molar-refractivity contribution in [2.24, 2.45) is 13.0 Å². The number of para-hydroxylation sites is 1. The Morgan fingerprint density at radius 3 is 2.45 bits per heavy atom. The summed E-state index contributed by atoms with van der Waals surface area (Å²) in [4.78, 5) is 28.0. The van der Waals surface area contributed by atoms with E-state index in [0.29, 0.717) is 24.8 Å². The molecule has 1 aliphatic rings. The molecule has 1 saturated heterocycles. The lowest BCUT2D eigenvalue weighted by molar-refractivity contribution is 0.173. The third-order valence-electron chi connectivity index (χ3n) is 6.36. The van der Waals surface area contributed by atoms with Crippen LogP contribution in [0.15, 0.2) is 68.7 Å². The van der Waals surface area contributed by atoms with Crippen LogP contribution in [0.3, 0.4) is 0 Å². The maximum absolute atomic E-state index is 12.9. The Kier molecular flexibility index (Phi) is 7.50. The Bertz CT molecular complexity index is 1210. The molecule has 6 nitrogen and oxygen atoms in total. The number of hydrogen-bond acceptors (Lipinski definition) is 4. The number of aromatic nitrogens is 2. The first-order chi connectivity index (χ1) is 16.0. The number of ether oxygens (including phenoxy) is 1. The molecular weight excluding hydrogens is 482 g/mol. The minimum Gasteiger partial charge on any atom is -0.494 e. The molecule has 0 radical (unpaired) electrons. The quantitative estimate of drug-likeness (QED) is 0.478. The molecule has 174 valence electrons. The SMILES string of the molecule is CCOc1ccc(Br)c(CC2CCN(Cc3cc(=O)n(-c4ccccc4)c(=O)n3C)CC2)c1. The Balaban J connectivity index is 1.41. The van der Waals surface area contributed by atoms with Crippen molar-refractivity contribution in [3.05, 3.63) is 91.2 Å². The predicted octanol–water partition coefficient (Wildman–Crippen LogP) is 4.15. The van der Waals surface area contributed by atoms with Crippen LogP contribution in [0.25, 0.3) is 5.69 Å². The number of nitrogens with zero attached hydrogens (tertiary/aromatic N) is 3. The first-order valence-electron chi connectivity index (χ1n) is 11.5. The normalized spacial score (nSPS) is 15.0. The summed E-state index contributed by atoms with van der Waals surface area (Å²) in [6, 6.07) is 16.9. The zero-order valence-electron chi connectivity index (χ0n) is 19.2. The van der Waals surface area contributed by atoms with Crippen LogP contribution in [0.2, 0.25) is 0 Å². The molecule has 0 atom stereocenters. The van der Waals surface area contributed by atoms with E-state index < -0.39 is 0 Å². The highest BCUT2D eigenvalue weighted by Crippen LogP contribution is 2.29. The molecule has 0 aliphatic carbocycles. The van der Waals surface area contributed by atoms with E-state index in [1.165, 1.54) is 10.1 Å². The number of likely N-dealkylation sites (tertiary alicyclic amines) is 1. The fraction of sp³-hybridized carbons (Fsp3) is 0.385. The fourth-order valence-electron chi connectivity index (χ4n) is 4.49. The van der Waals surface area contributed by atoms with Gasteiger partial charge in [-0.1, -0.05) is 34.1 Å². The van der Waals surface area contributed by atoms with Crippen LogP contribution < -0.4 is 16.0 Å². The van der Waals surface area contributed by atoms with Gasteiger partial charge >= 0.3 is 5.69 Å². The average molecular weight is 512 g/mol. The van der Waals surface area contributed by atoms with Gasteiger partial charge in [-0.3, -0.25) is 14.3 Å². The van der Waals surface area contributed by atoms with Gasteiger partial charge in [0, 0.05) is 29.8 Å². The van der Waals surface area contributed by atoms with Gasteiger partial charge in [-0.05, 0) is 81.1 Å². The zero-order chi connectivity index (χ0) is 23.4. The van der Waals surface area contributed by atoms with Gasteiger partial charge in [-0.25, -0.2) is 9.36 Å². The molecule has 0 spiro atoms. The summed E-state index contributed by atoms with van der Waals surface area (Å²) in [6.07, 6.45) is 3.18. The molecule has 3 aromatic rings. The van der Waals surface area contributed by atoms with Gasteiger partial charge in [-0.15, -0.1) is 0 Å². The van der Waals surface area contributed by atoms with E-state index in [0.717, 1.165) is 48.3 Å². The molecule has 33 heavy (non-hydrogen) atoms. The van der Waals surface area contributed by atoms with Crippen molar-refractivity contribution in [1.82, 2.24) is 14.0 Å². The number of rotatable bonds is 7. The second kappa shape index (κ2) is 10.5. The highest BCUT2D eigenvalue weighted by atomic mass is 79.9. The van der Waals surface area contributed by atoms with Crippen molar-refractivity contribution in [3.8, 4) is 11.4 Å². The average Bonchev–Trinajstić information content (AvgIpc) is 2.82. The van der Waals surface area contributed by atoms with E-state index in [4.69, 9.17) is 4.74 Å². The minimum atomic E-state index is -0.308. The van der Waals surface area contributed by atoms with Crippen LogP contribution >= 0.6 is 15.9 Å². The van der Waals surface area contributed by atoms with E-state index >= 15 is 0 Å². The van der Waals surface area contributed by atoms with Crippen molar-refractivity contribution in [2.75, 3.05) is 19.7 Å². The van der Waals surface area contributed by atoms with Gasteiger partial charge in [0.2, 0.25) is 0 Å². The lowest BCUT2D eigenvalue weighted by atomic mass is 9.90. The third kappa shape index (κ3) is 5.47. The highest BCUT2D eigenvalue weighted by Gasteiger charge is 2.22. The molecule has 2 heterocycles. The molecule has 1 fully saturated rings. The summed E-state index contributed by atoms with van der Waals surface area (Å²) in [6.45, 7) is 5.16. The van der Waals surface area contributed by atoms with E-state index in [1.807, 2.05) is 31.2 Å². The summed E-state index contributed by atoms with van der Waals surface area (Å²) < 4.78 is 9.60. The van der Waals surface area contributed by atoms with E-state index in [-0.39, 0.29) is 11.2 Å². The van der Waals surface area contributed by atoms with Gasteiger partial charge in [-0.2, -0.15) is 0 Å². The molecule has 7 heteroatoms. The molecule has 0 N–H and O–H groups in total. The summed E-state index contributed by atoms with van der Waals surface area (Å²) in [5.74, 6) is 1.52. The zero-order valence-corrected chi connectivity index (χ0v) is 20.8. The topological polar surface area (TPSA) is 56.5 Å². The van der Waals surface area contributed by atoms with Gasteiger partial charge in [0.25, 0.3) is 5.56 Å². The summed E-state index contributed by atoms with van der Waals surface area (Å²) in [5.41, 5.74) is 2.04. The second-order valence-electron chi connectivity index (χ2n) is 8.60. The van der Waals surface area contributed by atoms with Crippen molar-refractivity contribution in [2.45, 2.75) is 32.7 Å². The van der Waals surface area contributed by atoms with Gasteiger partial charge in [0.05, 0.1) is 12.3 Å². The van der Waals surface area contributed by atoms with Crippen molar-refractivity contribution in [1.29, 1.82) is 0 Å². The number of hydrogen-bond donors (Lipinski definition) is 0. The van der Waals surface area contributed by atoms with Crippen LogP contribution in [0, 0.1) is 5.92 Å². The molecule has 4 rings (SSSR count). The van der Waals surface area contributed by atoms with Gasteiger partial charge in [0.1, 0.15) is 5.75 Å². The lowest BCUT2D eigenvalue weighted by Crippen LogP contribution is -2.41. The van der Waals surface area contributed by atoms with Gasteiger partial charge < -0.3 is 4.74 Å². The smallest absolute Gasteiger partial charge is 0.335 e. The van der Waals surface area contributed by atoms with Crippen LogP contribution in [0.1, 0.15) is 31.0 Å². The van der Waals surface area contributed by atoms with Crippen LogP contribution in [0.5, 0.6) is 5.75 Å². The monoisotopic (exact) mass is 511 g/mol. The number of halogens is 1. The highest BCUT2D eigenvalue weighted by molar-refractivity contribution is 9.10. The van der Waals surface area contributed by atoms with E-state index in [1.54, 1.807) is 29.8 Å². The van der Waals surface area contributed by atoms with Crippen molar-refractivity contribution >= 4 is 15.9 Å². The summed E-state index contributed by atoms with van der Waals surface area (Å²) >= 11 is 3.68. The maximum Gasteiger partial charge on any atom is 0.335 e. The second-order valence-corrected chi connectivity index (χ2v) is 9.45. The van der Waals surface area contributed by atoms with Crippen LogP contribution in [-0.4, -0.2) is 33.7 Å². The first kappa shape index (κ1) is 23.5. The minimum absolute atomic E-state index is 0.284. The van der Waals surface area contributed by atoms with E-state index in [2.05, 4.69) is 33.0 Å². The molecule has 2 aromatic carbocycles. The largest absolute Gasteiger partial charge is 0.494 e. The lowest BCUT2D eigenvalue weighted by Gasteiger charge is -2.32. The maximum atomic E-state index is 12.9. The summed E-state index contributed by atoms with van der Waals surface area (Å²) in [7, 11) is 1.74.